The second-order valence-corrected chi connectivity index (χ2v) is 10.3. The predicted molar refractivity (Wildman–Crippen MR) is 150 cm³/mol. The number of nitrogens with one attached hydrogen (secondary N) is 1. The van der Waals surface area contributed by atoms with Gasteiger partial charge in [-0.1, -0.05) is 18.2 Å². The van der Waals surface area contributed by atoms with Crippen LogP contribution in [0.1, 0.15) is 48.3 Å². The van der Waals surface area contributed by atoms with Crippen LogP contribution in [-0.4, -0.2) is 82.4 Å². The van der Waals surface area contributed by atoms with Crippen LogP contribution in [0.2, 0.25) is 0 Å². The van der Waals surface area contributed by atoms with Crippen LogP contribution in [-0.2, 0) is 11.3 Å². The Bertz CT molecular complexity index is 1310. The summed E-state index contributed by atoms with van der Waals surface area (Å²) in [4.78, 5) is 45.1. The van der Waals surface area contributed by atoms with Gasteiger partial charge in [-0.15, -0.1) is 0 Å². The van der Waals surface area contributed by atoms with Crippen molar-refractivity contribution in [1.82, 2.24) is 30.1 Å². The molecule has 38 heavy (non-hydrogen) atoms. The van der Waals surface area contributed by atoms with Gasteiger partial charge in [0.15, 0.2) is 11.5 Å². The molecule has 0 saturated carbocycles. The average molecular weight is 519 g/mol. The lowest BCUT2D eigenvalue weighted by Crippen LogP contribution is -2.48. The molecule has 0 unspecified atom stereocenters. The highest BCUT2D eigenvalue weighted by Gasteiger charge is 2.33. The van der Waals surface area contributed by atoms with Crippen LogP contribution in [0, 0.1) is 6.92 Å². The first-order valence-electron chi connectivity index (χ1n) is 13.1. The average Bonchev–Trinajstić information content (AvgIpc) is 3.40. The fourth-order valence-electron chi connectivity index (χ4n) is 5.07. The number of anilines is 2. The van der Waals surface area contributed by atoms with Gasteiger partial charge in [-0.2, -0.15) is 0 Å². The number of carbonyl (C=O) groups excluding carboxylic acids is 2. The number of pyridine rings is 1. The number of nitrogens with two attached hydrogens (primary N) is 1. The molecule has 1 fully saturated rings. The van der Waals surface area contributed by atoms with Crippen LogP contribution in [0.4, 0.5) is 11.6 Å². The number of nitrogen functional groups attached to an aromatic ring is 1. The molecular formula is C28H38N8O2. The first-order chi connectivity index (χ1) is 18.2. The highest BCUT2D eigenvalue weighted by atomic mass is 16.2. The number of rotatable bonds is 9. The van der Waals surface area contributed by atoms with Crippen LogP contribution in [0.5, 0.6) is 0 Å². The van der Waals surface area contributed by atoms with E-state index in [1.54, 1.807) is 0 Å². The second-order valence-electron chi connectivity index (χ2n) is 10.3. The molecule has 3 aromatic rings. The number of para-hydroxylation sites is 1. The second kappa shape index (κ2) is 11.7. The third-order valence-electron chi connectivity index (χ3n) is 7.24. The maximum atomic E-state index is 13.2. The zero-order chi connectivity index (χ0) is 27.4. The summed E-state index contributed by atoms with van der Waals surface area (Å²) < 4.78 is 0. The van der Waals surface area contributed by atoms with Gasteiger partial charge in [-0.05, 0) is 51.8 Å². The third kappa shape index (κ3) is 5.85. The Morgan fingerprint density at radius 1 is 1.18 bits per heavy atom. The van der Waals surface area contributed by atoms with E-state index in [-0.39, 0.29) is 30.0 Å². The summed E-state index contributed by atoms with van der Waals surface area (Å²) >= 11 is 0. The van der Waals surface area contributed by atoms with Crippen molar-refractivity contribution < 1.29 is 9.59 Å². The van der Waals surface area contributed by atoms with E-state index in [0.29, 0.717) is 19.1 Å². The van der Waals surface area contributed by atoms with Gasteiger partial charge in [-0.3, -0.25) is 14.5 Å². The molecule has 10 nitrogen and oxygen atoms in total. The number of likely N-dealkylation sites (tertiary alicyclic amines) is 1. The van der Waals surface area contributed by atoms with Crippen molar-refractivity contribution in [1.29, 1.82) is 0 Å². The largest absolute Gasteiger partial charge is 0.382 e. The number of likely N-dealkylation sites (N-methyl/N-ethyl adjacent to an activating group) is 2. The molecule has 1 aliphatic rings. The number of hydrogen-bond acceptors (Lipinski definition) is 8. The lowest BCUT2D eigenvalue weighted by atomic mass is 10.1. The molecular weight excluding hydrogens is 480 g/mol. The van der Waals surface area contributed by atoms with E-state index < -0.39 is 5.91 Å². The lowest BCUT2D eigenvalue weighted by Gasteiger charge is -2.31. The Labute approximate surface area is 224 Å². The number of hydrogen-bond donors (Lipinski definition) is 2. The van der Waals surface area contributed by atoms with Crippen molar-refractivity contribution in [2.75, 3.05) is 44.4 Å². The number of carbonyl (C=O) groups is 2. The maximum absolute atomic E-state index is 13.2. The van der Waals surface area contributed by atoms with Crippen LogP contribution >= 0.6 is 0 Å². The standard InChI is InChI=1S/C28H38N8O2/c1-18(2)36-13-7-10-22(36)28(38)35(5)15-14-34(4)26-21(16-20-9-6-8-19(3)23(20)33-26)17-32-27(37)24-25(29)31-12-11-30-24/h6,8-9,11-12,16,18,22H,7,10,13-15,17H2,1-5H3,(H2,29,31)(H,32,37)/t22-/m0/s1. The summed E-state index contributed by atoms with van der Waals surface area (Å²) in [5.41, 5.74) is 8.76. The van der Waals surface area contributed by atoms with Crippen molar-refractivity contribution in [3.8, 4) is 0 Å². The van der Waals surface area contributed by atoms with Crippen molar-refractivity contribution in [3.63, 3.8) is 0 Å². The minimum absolute atomic E-state index is 0.0500. The summed E-state index contributed by atoms with van der Waals surface area (Å²) in [6, 6.07) is 8.39. The summed E-state index contributed by atoms with van der Waals surface area (Å²) in [5.74, 6) is 0.608. The first-order valence-corrected chi connectivity index (χ1v) is 13.1. The van der Waals surface area contributed by atoms with Gasteiger partial charge in [0.05, 0.1) is 11.6 Å². The van der Waals surface area contributed by atoms with Gasteiger partial charge in [0.1, 0.15) is 5.82 Å². The molecule has 0 aliphatic carbocycles. The fourth-order valence-corrected chi connectivity index (χ4v) is 5.07. The molecule has 0 bridgehead atoms. The number of amides is 2. The molecule has 2 aromatic heterocycles. The summed E-state index contributed by atoms with van der Waals surface area (Å²) in [5, 5.41) is 3.90. The molecule has 0 spiro atoms. The molecule has 1 aliphatic heterocycles. The van der Waals surface area contributed by atoms with Crippen molar-refractivity contribution in [2.45, 2.75) is 52.2 Å². The van der Waals surface area contributed by atoms with Crippen LogP contribution in [0.15, 0.2) is 36.7 Å². The van der Waals surface area contributed by atoms with Crippen molar-refractivity contribution in [2.24, 2.45) is 0 Å². The minimum atomic E-state index is -0.398. The van der Waals surface area contributed by atoms with Crippen molar-refractivity contribution >= 4 is 34.4 Å². The van der Waals surface area contributed by atoms with E-state index in [2.05, 4.69) is 40.1 Å². The molecule has 1 aromatic carbocycles. The van der Waals surface area contributed by atoms with Crippen LogP contribution in [0.25, 0.3) is 10.9 Å². The Hall–Kier alpha value is -3.79. The molecule has 1 atom stereocenters. The Kier molecular flexibility index (Phi) is 8.41. The van der Waals surface area contributed by atoms with Gasteiger partial charge in [0.25, 0.3) is 5.91 Å². The molecule has 3 N–H and O–H groups in total. The number of benzene rings is 1. The van der Waals surface area contributed by atoms with E-state index >= 15 is 0 Å². The van der Waals surface area contributed by atoms with Crippen LogP contribution in [0.3, 0.4) is 0 Å². The van der Waals surface area contributed by atoms with E-state index in [1.807, 2.05) is 49.0 Å². The van der Waals surface area contributed by atoms with Gasteiger partial charge in [0, 0.05) is 63.1 Å². The molecule has 2 amide bonds. The van der Waals surface area contributed by atoms with Gasteiger partial charge < -0.3 is 20.9 Å². The maximum Gasteiger partial charge on any atom is 0.273 e. The first kappa shape index (κ1) is 27.3. The van der Waals surface area contributed by atoms with E-state index in [0.717, 1.165) is 47.2 Å². The summed E-state index contributed by atoms with van der Waals surface area (Å²) in [7, 11) is 3.84. The third-order valence-corrected chi connectivity index (χ3v) is 7.24. The Morgan fingerprint density at radius 3 is 2.68 bits per heavy atom. The molecule has 4 rings (SSSR count). The molecule has 1 saturated heterocycles. The zero-order valence-electron chi connectivity index (χ0n) is 22.9. The number of aromatic nitrogens is 3. The zero-order valence-corrected chi connectivity index (χ0v) is 22.9. The van der Waals surface area contributed by atoms with E-state index in [1.165, 1.54) is 12.4 Å². The molecule has 0 radical (unpaired) electrons. The highest BCUT2D eigenvalue weighted by molar-refractivity contribution is 5.96. The summed E-state index contributed by atoms with van der Waals surface area (Å²) in [6.45, 7) is 8.69. The fraction of sp³-hybridized carbons (Fsp3) is 0.464. The number of nitrogens with zero attached hydrogens (tertiary/aromatic N) is 6. The van der Waals surface area contributed by atoms with Gasteiger partial charge in [0.2, 0.25) is 5.91 Å². The normalized spacial score (nSPS) is 15.7. The quantitative estimate of drug-likeness (QED) is 0.444. The SMILES string of the molecule is Cc1cccc2cc(CNC(=O)c3nccnc3N)c(N(C)CCN(C)C(=O)[C@@H]3CCCN3C(C)C)nc12. The molecule has 202 valence electrons. The van der Waals surface area contributed by atoms with E-state index in [4.69, 9.17) is 10.7 Å². The van der Waals surface area contributed by atoms with Gasteiger partial charge >= 0.3 is 0 Å². The Balaban J connectivity index is 1.51. The topological polar surface area (TPSA) is 121 Å². The highest BCUT2D eigenvalue weighted by Crippen LogP contribution is 2.26. The molecule has 10 heteroatoms. The van der Waals surface area contributed by atoms with Gasteiger partial charge in [-0.25, -0.2) is 15.0 Å². The van der Waals surface area contributed by atoms with Crippen molar-refractivity contribution in [3.05, 3.63) is 53.5 Å². The lowest BCUT2D eigenvalue weighted by molar-refractivity contribution is -0.135. The molecule has 3 heterocycles. The van der Waals surface area contributed by atoms with Crippen LogP contribution < -0.4 is 16.0 Å². The number of fused-ring (bicyclic) bond motifs is 1. The smallest absolute Gasteiger partial charge is 0.273 e. The summed E-state index contributed by atoms with van der Waals surface area (Å²) in [6.07, 6.45) is 4.85. The Morgan fingerprint density at radius 2 is 1.95 bits per heavy atom. The predicted octanol–water partition coefficient (Wildman–Crippen LogP) is 2.61. The minimum Gasteiger partial charge on any atom is -0.382 e. The monoisotopic (exact) mass is 518 g/mol. The number of aryl methyl sites for hydroxylation is 1. The van der Waals surface area contributed by atoms with E-state index in [9.17, 15) is 9.59 Å².